The van der Waals surface area contributed by atoms with Crippen molar-refractivity contribution in [2.75, 3.05) is 11.9 Å². The third kappa shape index (κ3) is 2.37. The van der Waals surface area contributed by atoms with Crippen LogP contribution in [-0.2, 0) is 4.79 Å². The lowest BCUT2D eigenvalue weighted by Gasteiger charge is -2.14. The first-order valence-corrected chi connectivity index (χ1v) is 5.30. The summed E-state index contributed by atoms with van der Waals surface area (Å²) < 4.78 is 0. The smallest absolute Gasteiger partial charge is 0.328 e. The van der Waals surface area contributed by atoms with E-state index in [2.05, 4.69) is 5.32 Å². The van der Waals surface area contributed by atoms with Gasteiger partial charge in [0.2, 0.25) is 0 Å². The van der Waals surface area contributed by atoms with E-state index in [4.69, 9.17) is 10.2 Å². The highest BCUT2D eigenvalue weighted by Gasteiger charge is 2.16. The van der Waals surface area contributed by atoms with Crippen molar-refractivity contribution >= 4 is 22.4 Å². The molecule has 0 fully saturated rings. The molecule has 2 aromatic rings. The normalized spacial score (nSPS) is 12.3. The number of aliphatic hydroxyl groups excluding tert-OH is 1. The molecule has 88 valence electrons. The van der Waals surface area contributed by atoms with E-state index in [-0.39, 0.29) is 0 Å². The minimum absolute atomic E-state index is 0.446. The summed E-state index contributed by atoms with van der Waals surface area (Å²) in [6.45, 7) is -0.446. The molecule has 0 amide bonds. The fourth-order valence-corrected chi connectivity index (χ4v) is 1.72. The molecule has 2 rings (SSSR count). The van der Waals surface area contributed by atoms with Gasteiger partial charge in [-0.25, -0.2) is 4.79 Å². The molecule has 0 spiro atoms. The number of carboxylic acids is 1. The summed E-state index contributed by atoms with van der Waals surface area (Å²) in [5.74, 6) is -1.07. The molecule has 1 atom stereocenters. The molecule has 3 N–H and O–H groups in total. The van der Waals surface area contributed by atoms with Crippen LogP contribution in [0.3, 0.4) is 0 Å². The standard InChI is InChI=1S/C13H13NO3/c15-8-12(13(16)17)14-11-7-3-5-9-4-1-2-6-10(9)11/h1-7,12,14-15H,8H2,(H,16,17)/t12-/m0/s1. The lowest BCUT2D eigenvalue weighted by atomic mass is 10.1. The van der Waals surface area contributed by atoms with Crippen molar-refractivity contribution in [1.82, 2.24) is 0 Å². The quantitative estimate of drug-likeness (QED) is 0.749. The second kappa shape index (κ2) is 4.84. The number of carboxylic acid groups (broad SMARTS) is 1. The number of benzene rings is 2. The SMILES string of the molecule is O=C(O)[C@H](CO)Nc1cccc2ccccc12. The first-order chi connectivity index (χ1) is 8.22. The van der Waals surface area contributed by atoms with Gasteiger partial charge < -0.3 is 15.5 Å². The third-order valence-electron chi connectivity index (χ3n) is 2.60. The van der Waals surface area contributed by atoms with Gasteiger partial charge in [-0.1, -0.05) is 36.4 Å². The fourth-order valence-electron chi connectivity index (χ4n) is 1.72. The van der Waals surface area contributed by atoms with Gasteiger partial charge >= 0.3 is 5.97 Å². The maximum absolute atomic E-state index is 10.8. The zero-order valence-electron chi connectivity index (χ0n) is 9.13. The van der Waals surface area contributed by atoms with E-state index in [1.54, 1.807) is 6.07 Å². The first-order valence-electron chi connectivity index (χ1n) is 5.30. The van der Waals surface area contributed by atoms with Crippen molar-refractivity contribution < 1.29 is 15.0 Å². The van der Waals surface area contributed by atoms with Gasteiger partial charge in [-0.15, -0.1) is 0 Å². The van der Waals surface area contributed by atoms with Crippen LogP contribution in [0.25, 0.3) is 10.8 Å². The molecule has 0 unspecified atom stereocenters. The van der Waals surface area contributed by atoms with Gasteiger partial charge in [0.1, 0.15) is 6.04 Å². The number of rotatable bonds is 4. The molecule has 0 saturated carbocycles. The summed E-state index contributed by atoms with van der Waals surface area (Å²) in [7, 11) is 0. The molecule has 0 radical (unpaired) electrons. The van der Waals surface area contributed by atoms with Gasteiger partial charge in [-0.2, -0.15) is 0 Å². The fraction of sp³-hybridized carbons (Fsp3) is 0.154. The average Bonchev–Trinajstić information content (AvgIpc) is 2.35. The molecular weight excluding hydrogens is 218 g/mol. The van der Waals surface area contributed by atoms with E-state index in [1.165, 1.54) is 0 Å². The zero-order valence-corrected chi connectivity index (χ0v) is 9.13. The second-order valence-corrected chi connectivity index (χ2v) is 3.74. The number of carbonyl (C=O) groups is 1. The predicted octanol–water partition coefficient (Wildman–Crippen LogP) is 1.70. The Kier molecular flexibility index (Phi) is 3.25. The monoisotopic (exact) mass is 231 g/mol. The van der Waals surface area contributed by atoms with Crippen LogP contribution >= 0.6 is 0 Å². The molecule has 0 aliphatic rings. The summed E-state index contributed by atoms with van der Waals surface area (Å²) >= 11 is 0. The Labute approximate surface area is 98.5 Å². The Morgan fingerprint density at radius 3 is 2.59 bits per heavy atom. The first kappa shape index (κ1) is 11.4. The van der Waals surface area contributed by atoms with Gasteiger partial charge in [0.15, 0.2) is 0 Å². The molecule has 0 aliphatic carbocycles. The van der Waals surface area contributed by atoms with Crippen molar-refractivity contribution in [3.63, 3.8) is 0 Å². The number of aliphatic carboxylic acids is 1. The Bertz CT molecular complexity index is 534. The van der Waals surface area contributed by atoms with E-state index >= 15 is 0 Å². The Morgan fingerprint density at radius 2 is 1.88 bits per heavy atom. The van der Waals surface area contributed by atoms with E-state index in [9.17, 15) is 4.79 Å². The van der Waals surface area contributed by atoms with Gasteiger partial charge in [0.05, 0.1) is 6.61 Å². The van der Waals surface area contributed by atoms with Crippen molar-refractivity contribution in [2.45, 2.75) is 6.04 Å². The van der Waals surface area contributed by atoms with Crippen LogP contribution in [0.2, 0.25) is 0 Å². The molecule has 0 aliphatic heterocycles. The Hall–Kier alpha value is -2.07. The Morgan fingerprint density at radius 1 is 1.18 bits per heavy atom. The van der Waals surface area contributed by atoms with Gasteiger partial charge in [-0.05, 0) is 11.5 Å². The lowest BCUT2D eigenvalue weighted by Crippen LogP contribution is -2.32. The number of hydrogen-bond donors (Lipinski definition) is 3. The zero-order chi connectivity index (χ0) is 12.3. The summed E-state index contributed by atoms with van der Waals surface area (Å²) in [5, 5.41) is 22.7. The summed E-state index contributed by atoms with van der Waals surface area (Å²) in [6, 6.07) is 12.3. The number of hydrogen-bond acceptors (Lipinski definition) is 3. The van der Waals surface area contributed by atoms with Crippen molar-refractivity contribution in [1.29, 1.82) is 0 Å². The molecule has 0 saturated heterocycles. The molecule has 17 heavy (non-hydrogen) atoms. The summed E-state index contributed by atoms with van der Waals surface area (Å²) in [5.41, 5.74) is 0.713. The summed E-state index contributed by atoms with van der Waals surface area (Å²) in [4.78, 5) is 10.8. The van der Waals surface area contributed by atoms with Crippen LogP contribution in [0.5, 0.6) is 0 Å². The Balaban J connectivity index is 2.38. The number of aliphatic hydroxyl groups is 1. The molecule has 0 aromatic heterocycles. The van der Waals surface area contributed by atoms with Gasteiger partial charge in [-0.3, -0.25) is 0 Å². The highest BCUT2D eigenvalue weighted by molar-refractivity contribution is 5.95. The van der Waals surface area contributed by atoms with Crippen molar-refractivity contribution in [3.05, 3.63) is 42.5 Å². The van der Waals surface area contributed by atoms with E-state index in [0.717, 1.165) is 10.8 Å². The molecule has 4 nitrogen and oxygen atoms in total. The predicted molar refractivity (Wildman–Crippen MR) is 66.1 cm³/mol. The molecule has 4 heteroatoms. The second-order valence-electron chi connectivity index (χ2n) is 3.74. The van der Waals surface area contributed by atoms with Gasteiger partial charge in [0.25, 0.3) is 0 Å². The highest BCUT2D eigenvalue weighted by atomic mass is 16.4. The minimum Gasteiger partial charge on any atom is -0.480 e. The largest absolute Gasteiger partial charge is 0.480 e. The van der Waals surface area contributed by atoms with Crippen molar-refractivity contribution in [3.8, 4) is 0 Å². The topological polar surface area (TPSA) is 69.6 Å². The average molecular weight is 231 g/mol. The lowest BCUT2D eigenvalue weighted by molar-refractivity contribution is -0.138. The van der Waals surface area contributed by atoms with Crippen LogP contribution < -0.4 is 5.32 Å². The van der Waals surface area contributed by atoms with Crippen LogP contribution in [0.15, 0.2) is 42.5 Å². The molecule has 2 aromatic carbocycles. The van der Waals surface area contributed by atoms with Gasteiger partial charge in [0, 0.05) is 11.1 Å². The third-order valence-corrected chi connectivity index (χ3v) is 2.60. The van der Waals surface area contributed by atoms with Crippen molar-refractivity contribution in [2.24, 2.45) is 0 Å². The van der Waals surface area contributed by atoms with E-state index < -0.39 is 18.6 Å². The molecular formula is C13H13NO3. The highest BCUT2D eigenvalue weighted by Crippen LogP contribution is 2.23. The van der Waals surface area contributed by atoms with E-state index in [0.29, 0.717) is 5.69 Å². The number of nitrogens with one attached hydrogen (secondary N) is 1. The molecule has 0 heterocycles. The molecule has 0 bridgehead atoms. The number of anilines is 1. The summed E-state index contributed by atoms with van der Waals surface area (Å²) in [6.07, 6.45) is 0. The van der Waals surface area contributed by atoms with E-state index in [1.807, 2.05) is 36.4 Å². The minimum atomic E-state index is -1.07. The maximum Gasteiger partial charge on any atom is 0.328 e. The van der Waals surface area contributed by atoms with Crippen LogP contribution in [0.4, 0.5) is 5.69 Å². The van der Waals surface area contributed by atoms with Crippen LogP contribution in [-0.4, -0.2) is 28.8 Å². The van der Waals surface area contributed by atoms with Crippen LogP contribution in [0, 0.1) is 0 Å². The van der Waals surface area contributed by atoms with Crippen LogP contribution in [0.1, 0.15) is 0 Å². The maximum atomic E-state index is 10.8. The number of fused-ring (bicyclic) bond motifs is 1.